The van der Waals surface area contributed by atoms with Gasteiger partial charge in [-0.3, -0.25) is 0 Å². The molecule has 1 atom stereocenters. The van der Waals surface area contributed by atoms with Gasteiger partial charge in [-0.15, -0.1) is 11.3 Å². The summed E-state index contributed by atoms with van der Waals surface area (Å²) in [5, 5.41) is 6.27. The molecule has 0 fully saturated rings. The maximum atomic E-state index is 13.2. The van der Waals surface area contributed by atoms with Gasteiger partial charge in [0.1, 0.15) is 29.3 Å². The largest absolute Gasteiger partial charge is 0.492 e. The fraction of sp³-hybridized carbons (Fsp3) is 0.474. The predicted octanol–water partition coefficient (Wildman–Crippen LogP) is 3.47. The molecule has 148 valence electrons. The zero-order chi connectivity index (χ0) is 19.6. The molecule has 0 radical (unpaired) electrons. The van der Waals surface area contributed by atoms with Crippen LogP contribution >= 0.6 is 11.3 Å². The molecule has 0 aliphatic carbocycles. The second-order valence-corrected chi connectivity index (χ2v) is 6.84. The van der Waals surface area contributed by atoms with E-state index in [1.54, 1.807) is 30.6 Å². The molecule has 1 aromatic carbocycles. The van der Waals surface area contributed by atoms with Gasteiger partial charge in [-0.05, 0) is 26.0 Å². The van der Waals surface area contributed by atoms with Crippen molar-refractivity contribution in [3.05, 3.63) is 46.2 Å². The number of aliphatic imine (C=N–C) groups is 1. The number of nitrogens with one attached hydrogen (secondary N) is 1. The Morgan fingerprint density at radius 2 is 2.26 bits per heavy atom. The van der Waals surface area contributed by atoms with Gasteiger partial charge in [-0.2, -0.15) is 0 Å². The van der Waals surface area contributed by atoms with Crippen molar-refractivity contribution in [2.24, 2.45) is 4.99 Å². The first-order chi connectivity index (χ1) is 13.0. The minimum absolute atomic E-state index is 0.00377. The molecule has 0 amide bonds. The Hall–Kier alpha value is -2.19. The highest BCUT2D eigenvalue weighted by molar-refractivity contribution is 7.09. The number of rotatable bonds is 9. The van der Waals surface area contributed by atoms with Crippen LogP contribution < -0.4 is 10.1 Å². The van der Waals surface area contributed by atoms with Crippen molar-refractivity contribution in [1.29, 1.82) is 0 Å². The highest BCUT2D eigenvalue weighted by Gasteiger charge is 2.12. The lowest BCUT2D eigenvalue weighted by atomic mass is 10.3. The number of hydrogen-bond donors (Lipinski definition) is 1. The minimum atomic E-state index is -0.311. The van der Waals surface area contributed by atoms with Gasteiger partial charge in [0.2, 0.25) is 0 Å². The van der Waals surface area contributed by atoms with Gasteiger partial charge in [-0.1, -0.05) is 6.07 Å². The third-order valence-electron chi connectivity index (χ3n) is 3.78. The summed E-state index contributed by atoms with van der Waals surface area (Å²) in [5.74, 6) is 0.968. The Balaban J connectivity index is 1.90. The molecular formula is C19H27FN4O2S. The van der Waals surface area contributed by atoms with Crippen molar-refractivity contribution in [2.75, 3.05) is 33.9 Å². The van der Waals surface area contributed by atoms with E-state index in [2.05, 4.69) is 15.3 Å². The average Bonchev–Trinajstić information content (AvgIpc) is 3.12. The van der Waals surface area contributed by atoms with Crippen molar-refractivity contribution in [2.45, 2.75) is 26.5 Å². The zero-order valence-electron chi connectivity index (χ0n) is 16.2. The van der Waals surface area contributed by atoms with Crippen LogP contribution in [0.25, 0.3) is 0 Å². The molecule has 8 heteroatoms. The van der Waals surface area contributed by atoms with E-state index in [1.165, 1.54) is 12.1 Å². The van der Waals surface area contributed by atoms with Gasteiger partial charge in [0.05, 0.1) is 18.8 Å². The number of nitrogens with zero attached hydrogens (tertiary/aromatic N) is 3. The first-order valence-corrected chi connectivity index (χ1v) is 9.76. The van der Waals surface area contributed by atoms with Gasteiger partial charge in [0.15, 0.2) is 5.96 Å². The Morgan fingerprint density at radius 3 is 2.96 bits per heavy atom. The Kier molecular flexibility index (Phi) is 8.47. The molecule has 6 nitrogen and oxygen atoms in total. The van der Waals surface area contributed by atoms with Crippen molar-refractivity contribution >= 4 is 17.3 Å². The van der Waals surface area contributed by atoms with E-state index in [0.717, 1.165) is 23.2 Å². The average molecular weight is 395 g/mol. The number of thiazole rings is 1. The van der Waals surface area contributed by atoms with E-state index >= 15 is 0 Å². The second-order valence-electron chi connectivity index (χ2n) is 5.95. The second kappa shape index (κ2) is 10.8. The maximum absolute atomic E-state index is 13.2. The zero-order valence-corrected chi connectivity index (χ0v) is 17.1. The Morgan fingerprint density at radius 1 is 1.44 bits per heavy atom. The van der Waals surface area contributed by atoms with Gasteiger partial charge < -0.3 is 19.7 Å². The molecule has 0 aliphatic rings. The first-order valence-electron chi connectivity index (χ1n) is 8.88. The van der Waals surface area contributed by atoms with E-state index in [1.807, 2.05) is 31.2 Å². The van der Waals surface area contributed by atoms with Crippen molar-refractivity contribution in [3.63, 3.8) is 0 Å². The number of methoxy groups -OCH3 is 1. The summed E-state index contributed by atoms with van der Waals surface area (Å²) in [6.07, 6.45) is -0.00377. The number of guanidine groups is 1. The Labute approximate surface area is 164 Å². The molecule has 1 heterocycles. The number of hydrogen-bond acceptors (Lipinski definition) is 5. The van der Waals surface area contributed by atoms with Crippen LogP contribution in [-0.4, -0.2) is 49.7 Å². The summed E-state index contributed by atoms with van der Waals surface area (Å²) in [5.41, 5.74) is 0.975. The summed E-state index contributed by atoms with van der Waals surface area (Å²) in [6.45, 7) is 6.25. The summed E-state index contributed by atoms with van der Waals surface area (Å²) in [6, 6.07) is 6.10. The molecule has 0 saturated heterocycles. The van der Waals surface area contributed by atoms with Crippen LogP contribution in [0.3, 0.4) is 0 Å². The minimum Gasteiger partial charge on any atom is -0.492 e. The van der Waals surface area contributed by atoms with Gasteiger partial charge in [0.25, 0.3) is 0 Å². The van der Waals surface area contributed by atoms with Crippen LogP contribution in [-0.2, 0) is 11.3 Å². The number of benzene rings is 1. The number of ether oxygens (including phenoxy) is 2. The molecule has 1 N–H and O–H groups in total. The summed E-state index contributed by atoms with van der Waals surface area (Å²) < 4.78 is 24.0. The Bertz CT molecular complexity index is 738. The van der Waals surface area contributed by atoms with E-state index in [4.69, 9.17) is 9.47 Å². The fourth-order valence-electron chi connectivity index (χ4n) is 2.34. The van der Waals surface area contributed by atoms with E-state index < -0.39 is 0 Å². The first kappa shape index (κ1) is 21.1. The molecule has 0 aliphatic heterocycles. The number of aromatic nitrogens is 1. The van der Waals surface area contributed by atoms with Crippen LogP contribution in [0.2, 0.25) is 0 Å². The molecule has 1 unspecified atom stereocenters. The lowest BCUT2D eigenvalue weighted by Crippen LogP contribution is -2.38. The molecule has 0 saturated carbocycles. The van der Waals surface area contributed by atoms with Crippen molar-refractivity contribution in [3.8, 4) is 5.75 Å². The lowest BCUT2D eigenvalue weighted by Gasteiger charge is -2.21. The van der Waals surface area contributed by atoms with Crippen LogP contribution in [0.15, 0.2) is 34.6 Å². The van der Waals surface area contributed by atoms with Crippen molar-refractivity contribution < 1.29 is 13.9 Å². The van der Waals surface area contributed by atoms with Crippen molar-refractivity contribution in [1.82, 2.24) is 15.2 Å². The third-order valence-corrected chi connectivity index (χ3v) is 4.84. The summed E-state index contributed by atoms with van der Waals surface area (Å²) in [4.78, 5) is 11.2. The standard InChI is InChI=1S/C19H27FN4O2S/c1-5-21-19(22-9-10-26-17-8-6-7-15(20)11-17)24(3)12-16-13-27-18(23-16)14(2)25-4/h6-8,11,13-14H,5,9-10,12H2,1-4H3,(H,21,22). The van der Waals surface area contributed by atoms with Gasteiger partial charge in [-0.25, -0.2) is 14.4 Å². The molecule has 2 rings (SSSR count). The lowest BCUT2D eigenvalue weighted by molar-refractivity contribution is 0.119. The highest BCUT2D eigenvalue weighted by Crippen LogP contribution is 2.20. The predicted molar refractivity (Wildman–Crippen MR) is 107 cm³/mol. The van der Waals surface area contributed by atoms with Crippen LogP contribution in [0.5, 0.6) is 5.75 Å². The normalized spacial score (nSPS) is 12.7. The van der Waals surface area contributed by atoms with Crippen LogP contribution in [0.1, 0.15) is 30.7 Å². The molecular weight excluding hydrogens is 367 g/mol. The highest BCUT2D eigenvalue weighted by atomic mass is 32.1. The molecule has 2 aromatic rings. The van der Waals surface area contributed by atoms with Crippen LogP contribution in [0.4, 0.5) is 4.39 Å². The monoisotopic (exact) mass is 394 g/mol. The summed E-state index contributed by atoms with van der Waals surface area (Å²) >= 11 is 1.60. The van der Waals surface area contributed by atoms with Crippen LogP contribution in [0, 0.1) is 5.82 Å². The van der Waals surface area contributed by atoms with Gasteiger partial charge >= 0.3 is 0 Å². The molecule has 0 spiro atoms. The topological polar surface area (TPSA) is 59.0 Å². The SMILES string of the molecule is CCNC(=NCCOc1cccc(F)c1)N(C)Cc1csc(C(C)OC)n1. The van der Waals surface area contributed by atoms with E-state index in [-0.39, 0.29) is 11.9 Å². The maximum Gasteiger partial charge on any atom is 0.194 e. The van der Waals surface area contributed by atoms with E-state index in [9.17, 15) is 4.39 Å². The summed E-state index contributed by atoms with van der Waals surface area (Å²) in [7, 11) is 3.65. The third kappa shape index (κ3) is 6.80. The molecule has 0 bridgehead atoms. The van der Waals surface area contributed by atoms with E-state index in [0.29, 0.717) is 25.4 Å². The fourth-order valence-corrected chi connectivity index (χ4v) is 3.18. The quantitative estimate of drug-likeness (QED) is 0.401. The smallest absolute Gasteiger partial charge is 0.194 e. The molecule has 27 heavy (non-hydrogen) atoms. The number of halogens is 1. The van der Waals surface area contributed by atoms with Gasteiger partial charge in [0, 0.05) is 32.1 Å². The molecule has 1 aromatic heterocycles.